The van der Waals surface area contributed by atoms with E-state index in [0.29, 0.717) is 18.0 Å². The number of ether oxygens (including phenoxy) is 1. The Morgan fingerprint density at radius 1 is 1.40 bits per heavy atom. The molecule has 25 heavy (non-hydrogen) atoms. The van der Waals surface area contributed by atoms with Crippen LogP contribution in [0.5, 0.6) is 0 Å². The molecule has 0 aromatic heterocycles. The van der Waals surface area contributed by atoms with Gasteiger partial charge in [0, 0.05) is 18.1 Å². The fraction of sp³-hybridized carbons (Fsp3) is 0.471. The average molecular weight is 387 g/mol. The van der Waals surface area contributed by atoms with E-state index in [0.717, 1.165) is 0 Å². The molecule has 1 aliphatic rings. The molecule has 2 amide bonds. The van der Waals surface area contributed by atoms with Crippen LogP contribution in [0.1, 0.15) is 37.0 Å². The number of piperazine rings is 1. The topological polar surface area (TPSA) is 75.7 Å². The fourth-order valence-corrected chi connectivity index (χ4v) is 2.98. The highest BCUT2D eigenvalue weighted by atomic mass is 35.5. The summed E-state index contributed by atoms with van der Waals surface area (Å²) in [6, 6.07) is 3.60. The number of halogens is 2. The number of amides is 2. The number of hydrogen-bond donors (Lipinski definition) is 1. The van der Waals surface area contributed by atoms with Crippen molar-refractivity contribution in [3.8, 4) is 0 Å². The summed E-state index contributed by atoms with van der Waals surface area (Å²) >= 11 is 12.0. The summed E-state index contributed by atoms with van der Waals surface area (Å²) in [6.07, 6.45) is 0.229. The van der Waals surface area contributed by atoms with E-state index < -0.39 is 17.9 Å². The Kier molecular flexibility index (Phi) is 6.67. The van der Waals surface area contributed by atoms with Crippen LogP contribution in [0.15, 0.2) is 18.2 Å². The van der Waals surface area contributed by atoms with E-state index in [1.807, 2.05) is 6.92 Å². The molecule has 1 fully saturated rings. The van der Waals surface area contributed by atoms with Crippen LogP contribution in [0.4, 0.5) is 0 Å². The van der Waals surface area contributed by atoms with Gasteiger partial charge < -0.3 is 15.0 Å². The Morgan fingerprint density at radius 2 is 2.12 bits per heavy atom. The number of benzene rings is 1. The van der Waals surface area contributed by atoms with Crippen molar-refractivity contribution in [2.45, 2.75) is 38.8 Å². The van der Waals surface area contributed by atoms with Crippen LogP contribution in [0.3, 0.4) is 0 Å². The smallest absolute Gasteiger partial charge is 0.308 e. The van der Waals surface area contributed by atoms with Crippen molar-refractivity contribution in [3.05, 3.63) is 33.8 Å². The van der Waals surface area contributed by atoms with E-state index in [9.17, 15) is 14.4 Å². The standard InChI is InChI=1S/C17H20Cl2N2O4/c1-3-10(2)25-15(22)9-14-16(23)20-6-7-21(14)17(24)12-5-4-11(18)8-13(12)19/h4-5,8,10,14H,3,6-7,9H2,1-2H3,(H,20,23). The van der Waals surface area contributed by atoms with Crippen molar-refractivity contribution in [2.24, 2.45) is 0 Å². The molecule has 0 radical (unpaired) electrons. The molecule has 0 saturated carbocycles. The van der Waals surface area contributed by atoms with Crippen molar-refractivity contribution in [1.82, 2.24) is 10.2 Å². The average Bonchev–Trinajstić information content (AvgIpc) is 2.56. The first-order chi connectivity index (χ1) is 11.8. The summed E-state index contributed by atoms with van der Waals surface area (Å²) < 4.78 is 5.22. The SMILES string of the molecule is CCC(C)OC(=O)CC1C(=O)NCCN1C(=O)c1ccc(Cl)cc1Cl. The predicted octanol–water partition coefficient (Wildman–Crippen LogP) is 2.67. The van der Waals surface area contributed by atoms with Gasteiger partial charge in [0.25, 0.3) is 5.91 Å². The van der Waals surface area contributed by atoms with Crippen molar-refractivity contribution >= 4 is 41.0 Å². The molecule has 136 valence electrons. The normalized spacial score (nSPS) is 18.5. The molecule has 0 spiro atoms. The zero-order chi connectivity index (χ0) is 18.6. The first kappa shape index (κ1) is 19.5. The van der Waals surface area contributed by atoms with Gasteiger partial charge in [0.15, 0.2) is 0 Å². The van der Waals surface area contributed by atoms with Crippen LogP contribution in [0.2, 0.25) is 10.0 Å². The van der Waals surface area contributed by atoms with E-state index >= 15 is 0 Å². The summed E-state index contributed by atoms with van der Waals surface area (Å²) in [5, 5.41) is 3.28. The number of esters is 1. The molecule has 8 heteroatoms. The van der Waals surface area contributed by atoms with Crippen molar-refractivity contribution in [2.75, 3.05) is 13.1 Å². The Bertz CT molecular complexity index is 681. The third-order valence-corrected chi connectivity index (χ3v) is 4.57. The van der Waals surface area contributed by atoms with Crippen LogP contribution in [0.25, 0.3) is 0 Å². The van der Waals surface area contributed by atoms with Crippen molar-refractivity contribution in [1.29, 1.82) is 0 Å². The molecular weight excluding hydrogens is 367 g/mol. The van der Waals surface area contributed by atoms with Gasteiger partial charge in [0.1, 0.15) is 6.04 Å². The van der Waals surface area contributed by atoms with Gasteiger partial charge in [0.2, 0.25) is 5.91 Å². The molecule has 1 heterocycles. The Balaban J connectivity index is 2.19. The molecule has 1 saturated heterocycles. The lowest BCUT2D eigenvalue weighted by Crippen LogP contribution is -2.58. The van der Waals surface area contributed by atoms with Gasteiger partial charge >= 0.3 is 5.97 Å². The molecule has 6 nitrogen and oxygen atoms in total. The van der Waals surface area contributed by atoms with Gasteiger partial charge in [0.05, 0.1) is 23.1 Å². The predicted molar refractivity (Wildman–Crippen MR) is 94.8 cm³/mol. The summed E-state index contributed by atoms with van der Waals surface area (Å²) in [5.74, 6) is -1.32. The monoisotopic (exact) mass is 386 g/mol. The molecule has 1 aromatic carbocycles. The molecule has 1 N–H and O–H groups in total. The Morgan fingerprint density at radius 3 is 2.76 bits per heavy atom. The van der Waals surface area contributed by atoms with Gasteiger partial charge in [-0.1, -0.05) is 30.1 Å². The first-order valence-corrected chi connectivity index (χ1v) is 8.82. The minimum absolute atomic E-state index is 0.199. The van der Waals surface area contributed by atoms with Gasteiger partial charge in [-0.25, -0.2) is 0 Å². The van der Waals surface area contributed by atoms with Gasteiger partial charge in [-0.3, -0.25) is 14.4 Å². The second-order valence-electron chi connectivity index (χ2n) is 5.84. The third kappa shape index (κ3) is 4.86. The maximum absolute atomic E-state index is 12.8. The summed E-state index contributed by atoms with van der Waals surface area (Å²) in [6.45, 7) is 4.26. The summed E-state index contributed by atoms with van der Waals surface area (Å²) in [4.78, 5) is 38.4. The van der Waals surface area contributed by atoms with E-state index in [2.05, 4.69) is 5.32 Å². The first-order valence-electron chi connectivity index (χ1n) is 8.06. The highest BCUT2D eigenvalue weighted by molar-refractivity contribution is 6.36. The van der Waals surface area contributed by atoms with Gasteiger partial charge in [-0.15, -0.1) is 0 Å². The van der Waals surface area contributed by atoms with E-state index in [1.54, 1.807) is 13.0 Å². The van der Waals surface area contributed by atoms with Crippen LogP contribution < -0.4 is 5.32 Å². The molecule has 1 aliphatic heterocycles. The van der Waals surface area contributed by atoms with Crippen LogP contribution in [0, 0.1) is 0 Å². The number of carbonyl (C=O) groups is 3. The summed E-state index contributed by atoms with van der Waals surface area (Å²) in [5.41, 5.74) is 0.237. The number of hydrogen-bond acceptors (Lipinski definition) is 4. The molecular formula is C17H20Cl2N2O4. The van der Waals surface area contributed by atoms with Gasteiger partial charge in [-0.2, -0.15) is 0 Å². The second-order valence-corrected chi connectivity index (χ2v) is 6.69. The second kappa shape index (κ2) is 8.54. The van der Waals surface area contributed by atoms with E-state index in [1.165, 1.54) is 17.0 Å². The number of carbonyl (C=O) groups excluding carboxylic acids is 3. The molecule has 2 rings (SSSR count). The largest absolute Gasteiger partial charge is 0.463 e. The molecule has 2 unspecified atom stereocenters. The number of rotatable bonds is 5. The quantitative estimate of drug-likeness (QED) is 0.789. The number of nitrogens with zero attached hydrogens (tertiary/aromatic N) is 1. The highest BCUT2D eigenvalue weighted by Crippen LogP contribution is 2.24. The third-order valence-electron chi connectivity index (χ3n) is 4.02. The van der Waals surface area contributed by atoms with Crippen molar-refractivity contribution in [3.63, 3.8) is 0 Å². The maximum atomic E-state index is 12.8. The minimum atomic E-state index is -0.926. The summed E-state index contributed by atoms with van der Waals surface area (Å²) in [7, 11) is 0. The Hall–Kier alpha value is -1.79. The van der Waals surface area contributed by atoms with Crippen molar-refractivity contribution < 1.29 is 19.1 Å². The maximum Gasteiger partial charge on any atom is 0.308 e. The number of nitrogens with one attached hydrogen (secondary N) is 1. The fourth-order valence-electron chi connectivity index (χ4n) is 2.49. The van der Waals surface area contributed by atoms with Crippen LogP contribution in [-0.4, -0.2) is 47.9 Å². The molecule has 1 aromatic rings. The highest BCUT2D eigenvalue weighted by Gasteiger charge is 2.36. The Labute approximate surface area is 156 Å². The van der Waals surface area contributed by atoms with E-state index in [-0.39, 0.29) is 35.6 Å². The molecule has 0 bridgehead atoms. The van der Waals surface area contributed by atoms with Crippen LogP contribution >= 0.6 is 23.2 Å². The lowest BCUT2D eigenvalue weighted by atomic mass is 10.1. The zero-order valence-electron chi connectivity index (χ0n) is 14.1. The zero-order valence-corrected chi connectivity index (χ0v) is 15.6. The van der Waals surface area contributed by atoms with E-state index in [4.69, 9.17) is 27.9 Å². The van der Waals surface area contributed by atoms with Crippen LogP contribution in [-0.2, 0) is 14.3 Å². The van der Waals surface area contributed by atoms with Gasteiger partial charge in [-0.05, 0) is 31.5 Å². The minimum Gasteiger partial charge on any atom is -0.463 e. The molecule has 2 atom stereocenters. The lowest BCUT2D eigenvalue weighted by Gasteiger charge is -2.35. The molecule has 0 aliphatic carbocycles. The lowest BCUT2D eigenvalue weighted by molar-refractivity contribution is -0.151.